The first-order chi connectivity index (χ1) is 7.15. The molecule has 0 N–H and O–H groups in total. The highest BCUT2D eigenvalue weighted by Crippen LogP contribution is 2.30. The molecule has 1 rings (SSSR count). The first-order valence-electron chi connectivity index (χ1n) is 5.13. The largest absolute Gasteiger partial charge is 0.179 e. The van der Waals surface area contributed by atoms with Crippen LogP contribution in [0, 0.1) is 11.8 Å². The summed E-state index contributed by atoms with van der Waals surface area (Å²) >= 11 is 9.88. The molecule has 3 heteroatoms. The van der Waals surface area contributed by atoms with E-state index in [4.69, 9.17) is 0 Å². The van der Waals surface area contributed by atoms with Crippen molar-refractivity contribution in [2.75, 3.05) is 11.5 Å². The van der Waals surface area contributed by atoms with Crippen molar-refractivity contribution < 1.29 is 0 Å². The molecule has 0 bridgehead atoms. The fraction of sp³-hybridized carbons (Fsp3) is 0.500. The number of halogens is 1. The molecule has 0 fully saturated rings. The van der Waals surface area contributed by atoms with Crippen molar-refractivity contribution in [2.24, 2.45) is 11.8 Å². The maximum atomic E-state index is 4.40. The first kappa shape index (κ1) is 13.5. The summed E-state index contributed by atoms with van der Waals surface area (Å²) in [5.74, 6) is 3.50. The maximum Gasteiger partial charge on any atom is 0.0311 e. The Balaban J connectivity index is 2.53. The molecule has 1 unspecified atom stereocenters. The normalized spacial score (nSPS) is 13.1. The number of hydrogen-bond donors (Lipinski definition) is 1. The van der Waals surface area contributed by atoms with Crippen LogP contribution in [0.4, 0.5) is 0 Å². The fourth-order valence-electron chi connectivity index (χ4n) is 1.21. The first-order valence-corrected chi connectivity index (χ1v) is 7.54. The molecule has 0 saturated heterocycles. The molecular formula is C12H17BrS2. The van der Waals surface area contributed by atoms with Crippen molar-refractivity contribution >= 4 is 40.3 Å². The summed E-state index contributed by atoms with van der Waals surface area (Å²) in [5.41, 5.74) is 0. The van der Waals surface area contributed by atoms with Gasteiger partial charge in [0.25, 0.3) is 0 Å². The molecule has 1 aromatic carbocycles. The summed E-state index contributed by atoms with van der Waals surface area (Å²) in [6.45, 7) is 4.53. The molecule has 0 saturated carbocycles. The van der Waals surface area contributed by atoms with Crippen LogP contribution in [-0.2, 0) is 0 Å². The number of hydrogen-bond acceptors (Lipinski definition) is 2. The lowest BCUT2D eigenvalue weighted by atomic mass is 10.0. The number of thiol groups is 1. The molecule has 0 heterocycles. The Morgan fingerprint density at radius 3 is 2.53 bits per heavy atom. The summed E-state index contributed by atoms with van der Waals surface area (Å²) in [6.07, 6.45) is 0. The predicted molar refractivity (Wildman–Crippen MR) is 77.0 cm³/mol. The Kier molecular flexibility index (Phi) is 6.17. The van der Waals surface area contributed by atoms with E-state index >= 15 is 0 Å². The van der Waals surface area contributed by atoms with Crippen molar-refractivity contribution in [1.29, 1.82) is 0 Å². The van der Waals surface area contributed by atoms with Crippen LogP contribution in [0.25, 0.3) is 0 Å². The van der Waals surface area contributed by atoms with Crippen LogP contribution in [0.3, 0.4) is 0 Å². The lowest BCUT2D eigenvalue weighted by molar-refractivity contribution is 0.473. The predicted octanol–water partition coefficient (Wildman–Crippen LogP) is 4.74. The van der Waals surface area contributed by atoms with Gasteiger partial charge < -0.3 is 0 Å². The van der Waals surface area contributed by atoms with Crippen LogP contribution < -0.4 is 0 Å². The van der Waals surface area contributed by atoms with Crippen molar-refractivity contribution in [3.63, 3.8) is 0 Å². The molecule has 0 aliphatic heterocycles. The van der Waals surface area contributed by atoms with Crippen molar-refractivity contribution in [3.8, 4) is 0 Å². The van der Waals surface area contributed by atoms with Gasteiger partial charge in [-0.3, -0.25) is 0 Å². The van der Waals surface area contributed by atoms with Crippen LogP contribution >= 0.6 is 40.3 Å². The minimum Gasteiger partial charge on any atom is -0.179 e. The molecular weight excluding hydrogens is 288 g/mol. The summed E-state index contributed by atoms with van der Waals surface area (Å²) in [7, 11) is 0. The van der Waals surface area contributed by atoms with Crippen LogP contribution in [0.15, 0.2) is 33.6 Å². The van der Waals surface area contributed by atoms with E-state index in [9.17, 15) is 0 Å². The second-order valence-electron chi connectivity index (χ2n) is 3.93. The Bertz CT molecular complexity index is 299. The van der Waals surface area contributed by atoms with E-state index in [2.05, 4.69) is 60.6 Å². The minimum atomic E-state index is 0.686. The van der Waals surface area contributed by atoms with Gasteiger partial charge >= 0.3 is 0 Å². The third-order valence-electron chi connectivity index (χ3n) is 2.47. The molecule has 0 aromatic heterocycles. The van der Waals surface area contributed by atoms with Crippen molar-refractivity contribution in [1.82, 2.24) is 0 Å². The molecule has 1 atom stereocenters. The van der Waals surface area contributed by atoms with E-state index in [0.717, 1.165) is 11.5 Å². The van der Waals surface area contributed by atoms with Gasteiger partial charge in [-0.2, -0.15) is 12.6 Å². The summed E-state index contributed by atoms with van der Waals surface area (Å²) < 4.78 is 1.19. The zero-order valence-electron chi connectivity index (χ0n) is 9.11. The molecule has 0 amide bonds. The maximum absolute atomic E-state index is 4.40. The summed E-state index contributed by atoms with van der Waals surface area (Å²) in [6, 6.07) is 8.38. The van der Waals surface area contributed by atoms with Gasteiger partial charge in [-0.25, -0.2) is 0 Å². The quantitative estimate of drug-likeness (QED) is 0.605. The van der Waals surface area contributed by atoms with Gasteiger partial charge in [0.2, 0.25) is 0 Å². The lowest BCUT2D eigenvalue weighted by Gasteiger charge is -2.18. The summed E-state index contributed by atoms with van der Waals surface area (Å²) in [5, 5.41) is 0. The third-order valence-corrected chi connectivity index (χ3v) is 5.15. The molecule has 84 valence electrons. The SMILES string of the molecule is CC(C)C(CS)CSc1ccccc1Br. The number of thioether (sulfide) groups is 1. The highest BCUT2D eigenvalue weighted by Gasteiger charge is 2.12. The molecule has 0 aliphatic rings. The zero-order valence-corrected chi connectivity index (χ0v) is 12.4. The topological polar surface area (TPSA) is 0 Å². The van der Waals surface area contributed by atoms with Gasteiger partial charge in [0.1, 0.15) is 0 Å². The molecule has 1 aromatic rings. The van der Waals surface area contributed by atoms with Crippen LogP contribution in [0.1, 0.15) is 13.8 Å². The Labute approximate surface area is 111 Å². The molecule has 0 aliphatic carbocycles. The standard InChI is InChI=1S/C12H17BrS2/c1-9(2)10(7-14)8-15-12-6-4-3-5-11(12)13/h3-6,9-10,14H,7-8H2,1-2H3. The molecule has 0 spiro atoms. The van der Waals surface area contributed by atoms with Crippen LogP contribution in [-0.4, -0.2) is 11.5 Å². The lowest BCUT2D eigenvalue weighted by Crippen LogP contribution is -2.13. The van der Waals surface area contributed by atoms with Gasteiger partial charge in [0.15, 0.2) is 0 Å². The van der Waals surface area contributed by atoms with Gasteiger partial charge in [0, 0.05) is 15.1 Å². The molecule has 0 nitrogen and oxygen atoms in total. The van der Waals surface area contributed by atoms with E-state index in [0.29, 0.717) is 11.8 Å². The monoisotopic (exact) mass is 304 g/mol. The van der Waals surface area contributed by atoms with Crippen LogP contribution in [0.2, 0.25) is 0 Å². The van der Waals surface area contributed by atoms with Gasteiger partial charge in [-0.1, -0.05) is 26.0 Å². The smallest absolute Gasteiger partial charge is 0.0311 e. The molecule has 15 heavy (non-hydrogen) atoms. The highest BCUT2D eigenvalue weighted by molar-refractivity contribution is 9.10. The third kappa shape index (κ3) is 4.41. The van der Waals surface area contributed by atoms with Crippen LogP contribution in [0.5, 0.6) is 0 Å². The summed E-state index contributed by atoms with van der Waals surface area (Å²) in [4.78, 5) is 1.32. The van der Waals surface area contributed by atoms with E-state index in [1.54, 1.807) is 0 Å². The van der Waals surface area contributed by atoms with Crippen molar-refractivity contribution in [2.45, 2.75) is 18.7 Å². The zero-order chi connectivity index (χ0) is 11.3. The van der Waals surface area contributed by atoms with E-state index in [1.807, 2.05) is 17.8 Å². The van der Waals surface area contributed by atoms with Gasteiger partial charge in [0.05, 0.1) is 0 Å². The van der Waals surface area contributed by atoms with Gasteiger partial charge in [-0.15, -0.1) is 11.8 Å². The number of rotatable bonds is 5. The second kappa shape index (κ2) is 6.87. The Morgan fingerprint density at radius 1 is 1.33 bits per heavy atom. The highest BCUT2D eigenvalue weighted by atomic mass is 79.9. The van der Waals surface area contributed by atoms with Crippen molar-refractivity contribution in [3.05, 3.63) is 28.7 Å². The number of benzene rings is 1. The van der Waals surface area contributed by atoms with Gasteiger partial charge in [-0.05, 0) is 45.7 Å². The van der Waals surface area contributed by atoms with E-state index in [1.165, 1.54) is 9.37 Å². The fourth-order valence-corrected chi connectivity index (χ4v) is 3.85. The Morgan fingerprint density at radius 2 is 2.00 bits per heavy atom. The Hall–Kier alpha value is 0.400. The van der Waals surface area contributed by atoms with E-state index < -0.39 is 0 Å². The molecule has 0 radical (unpaired) electrons. The van der Waals surface area contributed by atoms with E-state index in [-0.39, 0.29) is 0 Å². The minimum absolute atomic E-state index is 0.686. The average molecular weight is 305 g/mol. The average Bonchev–Trinajstić information content (AvgIpc) is 2.21. The second-order valence-corrected chi connectivity index (χ2v) is 6.21.